The van der Waals surface area contributed by atoms with Crippen LogP contribution < -0.4 is 10.1 Å². The highest BCUT2D eigenvalue weighted by Crippen LogP contribution is 2.33. The Morgan fingerprint density at radius 3 is 1.89 bits per heavy atom. The van der Waals surface area contributed by atoms with Gasteiger partial charge in [-0.15, -0.1) is 0 Å². The van der Waals surface area contributed by atoms with Gasteiger partial charge in [0.1, 0.15) is 6.10 Å². The van der Waals surface area contributed by atoms with Gasteiger partial charge in [0.15, 0.2) is 5.75 Å². The smallest absolute Gasteiger partial charge is 0.207 e. The van der Waals surface area contributed by atoms with Gasteiger partial charge in [0.2, 0.25) is 29.1 Å². The maximum atomic E-state index is 13.3. The average Bonchev–Trinajstić information content (AvgIpc) is 2.35. The second-order valence-corrected chi connectivity index (χ2v) is 4.36. The fourth-order valence-corrected chi connectivity index (χ4v) is 1.97. The zero-order valence-corrected chi connectivity index (χ0v) is 10.1. The molecule has 0 heterocycles. The van der Waals surface area contributed by atoms with Crippen molar-refractivity contribution in [1.29, 1.82) is 0 Å². The van der Waals surface area contributed by atoms with Crippen LogP contribution in [0.3, 0.4) is 0 Å². The third-order valence-electron chi connectivity index (χ3n) is 3.04. The van der Waals surface area contributed by atoms with Crippen molar-refractivity contribution in [3.05, 3.63) is 29.1 Å². The molecule has 2 nitrogen and oxygen atoms in total. The molecule has 0 aliphatic heterocycles. The molecule has 1 aromatic carbocycles. The Hall–Kier alpha value is -1.37. The largest absolute Gasteiger partial charge is 0.484 e. The highest BCUT2D eigenvalue weighted by Gasteiger charge is 2.34. The Balaban J connectivity index is 2.14. The molecule has 2 rings (SSSR count). The molecular weight excluding hydrogens is 269 g/mol. The van der Waals surface area contributed by atoms with Gasteiger partial charge in [-0.25, -0.2) is 13.2 Å². The predicted molar refractivity (Wildman–Crippen MR) is 57.3 cm³/mol. The molecular formula is C12H12F5NO. The summed E-state index contributed by atoms with van der Waals surface area (Å²) in [6, 6.07) is 0.149. The summed E-state index contributed by atoms with van der Waals surface area (Å²) in [5.41, 5.74) is 0. The number of hydrogen-bond donors (Lipinski definition) is 1. The Morgan fingerprint density at radius 1 is 0.947 bits per heavy atom. The highest BCUT2D eigenvalue weighted by atomic mass is 19.2. The van der Waals surface area contributed by atoms with Crippen molar-refractivity contribution in [2.24, 2.45) is 0 Å². The topological polar surface area (TPSA) is 21.3 Å². The van der Waals surface area contributed by atoms with E-state index >= 15 is 0 Å². The van der Waals surface area contributed by atoms with E-state index in [2.05, 4.69) is 5.32 Å². The molecule has 0 radical (unpaired) electrons. The van der Waals surface area contributed by atoms with Crippen molar-refractivity contribution in [2.75, 3.05) is 6.54 Å². The van der Waals surface area contributed by atoms with E-state index in [0.717, 1.165) is 6.54 Å². The van der Waals surface area contributed by atoms with Crippen molar-refractivity contribution < 1.29 is 26.7 Å². The summed E-state index contributed by atoms with van der Waals surface area (Å²) < 4.78 is 70.1. The van der Waals surface area contributed by atoms with Crippen LogP contribution in [0, 0.1) is 29.1 Å². The molecule has 0 aromatic heterocycles. The summed E-state index contributed by atoms with van der Waals surface area (Å²) in [6.45, 7) is 2.64. The van der Waals surface area contributed by atoms with Crippen LogP contribution in [-0.4, -0.2) is 18.7 Å². The summed E-state index contributed by atoms with van der Waals surface area (Å²) >= 11 is 0. The third-order valence-corrected chi connectivity index (χ3v) is 3.04. The minimum absolute atomic E-state index is 0.149. The quantitative estimate of drug-likeness (QED) is 0.520. The Bertz CT molecular complexity index is 458. The molecule has 19 heavy (non-hydrogen) atoms. The Labute approximate surface area is 106 Å². The van der Waals surface area contributed by atoms with Crippen LogP contribution in [0.1, 0.15) is 19.8 Å². The second-order valence-electron chi connectivity index (χ2n) is 4.36. The standard InChI is InChI=1S/C12H12F5NO/c1-2-18-5-3-6(4-5)19-12-10(16)8(14)7(13)9(15)11(12)17/h5-6,18H,2-4H2,1H3. The number of rotatable bonds is 4. The van der Waals surface area contributed by atoms with Crippen LogP contribution >= 0.6 is 0 Å². The van der Waals surface area contributed by atoms with Gasteiger partial charge in [-0.05, 0) is 19.4 Å². The molecule has 0 amide bonds. The normalized spacial score (nSPS) is 22.2. The zero-order chi connectivity index (χ0) is 14.2. The van der Waals surface area contributed by atoms with Crippen LogP contribution in [0.5, 0.6) is 5.75 Å². The van der Waals surface area contributed by atoms with Gasteiger partial charge in [0.25, 0.3) is 0 Å². The molecule has 1 aliphatic carbocycles. The van der Waals surface area contributed by atoms with E-state index < -0.39 is 40.9 Å². The molecule has 106 valence electrons. The lowest BCUT2D eigenvalue weighted by Crippen LogP contribution is -2.46. The summed E-state index contributed by atoms with van der Waals surface area (Å²) in [7, 11) is 0. The zero-order valence-electron chi connectivity index (χ0n) is 10.1. The average molecular weight is 281 g/mol. The molecule has 0 spiro atoms. The molecule has 1 saturated carbocycles. The lowest BCUT2D eigenvalue weighted by molar-refractivity contribution is 0.0750. The third kappa shape index (κ3) is 2.51. The monoisotopic (exact) mass is 281 g/mol. The van der Waals surface area contributed by atoms with Crippen LogP contribution in [-0.2, 0) is 0 Å². The molecule has 0 atom stereocenters. The van der Waals surface area contributed by atoms with E-state index in [4.69, 9.17) is 4.74 Å². The fourth-order valence-electron chi connectivity index (χ4n) is 1.97. The van der Waals surface area contributed by atoms with E-state index in [-0.39, 0.29) is 6.04 Å². The number of nitrogens with one attached hydrogen (secondary N) is 1. The van der Waals surface area contributed by atoms with Gasteiger partial charge >= 0.3 is 0 Å². The predicted octanol–water partition coefficient (Wildman–Crippen LogP) is 2.90. The molecule has 1 fully saturated rings. The van der Waals surface area contributed by atoms with E-state index in [1.54, 1.807) is 0 Å². The number of halogens is 5. The van der Waals surface area contributed by atoms with E-state index in [0.29, 0.717) is 12.8 Å². The van der Waals surface area contributed by atoms with E-state index in [1.807, 2.05) is 6.92 Å². The molecule has 0 unspecified atom stereocenters. The first-order valence-electron chi connectivity index (χ1n) is 5.87. The lowest BCUT2D eigenvalue weighted by atomic mass is 9.89. The first-order chi connectivity index (χ1) is 8.95. The van der Waals surface area contributed by atoms with Crippen molar-refractivity contribution >= 4 is 0 Å². The SMILES string of the molecule is CCNC1CC(Oc2c(F)c(F)c(F)c(F)c2F)C1. The minimum Gasteiger partial charge on any atom is -0.484 e. The Kier molecular flexibility index (Phi) is 3.93. The van der Waals surface area contributed by atoms with Gasteiger partial charge in [-0.1, -0.05) is 6.92 Å². The first-order valence-corrected chi connectivity index (χ1v) is 5.87. The van der Waals surface area contributed by atoms with Gasteiger partial charge in [0.05, 0.1) is 0 Å². The number of benzene rings is 1. The van der Waals surface area contributed by atoms with Crippen LogP contribution in [0.2, 0.25) is 0 Å². The van der Waals surface area contributed by atoms with Crippen LogP contribution in [0.25, 0.3) is 0 Å². The van der Waals surface area contributed by atoms with Crippen molar-refractivity contribution in [2.45, 2.75) is 31.9 Å². The molecule has 1 N–H and O–H groups in total. The highest BCUT2D eigenvalue weighted by molar-refractivity contribution is 5.30. The number of ether oxygens (including phenoxy) is 1. The number of hydrogen-bond acceptors (Lipinski definition) is 2. The maximum absolute atomic E-state index is 13.3. The van der Waals surface area contributed by atoms with Crippen molar-refractivity contribution in [3.8, 4) is 5.75 Å². The molecule has 0 saturated heterocycles. The van der Waals surface area contributed by atoms with Gasteiger partial charge in [-0.2, -0.15) is 8.78 Å². The summed E-state index contributed by atoms with van der Waals surface area (Å²) in [5.74, 6) is -11.2. The van der Waals surface area contributed by atoms with E-state index in [9.17, 15) is 22.0 Å². The Morgan fingerprint density at radius 2 is 1.42 bits per heavy atom. The van der Waals surface area contributed by atoms with Crippen molar-refractivity contribution in [3.63, 3.8) is 0 Å². The molecule has 0 bridgehead atoms. The first kappa shape index (κ1) is 14.0. The fraction of sp³-hybridized carbons (Fsp3) is 0.500. The molecule has 7 heteroatoms. The minimum atomic E-state index is -2.18. The lowest BCUT2D eigenvalue weighted by Gasteiger charge is -2.35. The maximum Gasteiger partial charge on any atom is 0.207 e. The second kappa shape index (κ2) is 5.32. The molecule has 1 aliphatic rings. The summed E-state index contributed by atoms with van der Waals surface area (Å²) in [4.78, 5) is 0. The van der Waals surface area contributed by atoms with Gasteiger partial charge in [-0.3, -0.25) is 0 Å². The molecule has 1 aromatic rings. The van der Waals surface area contributed by atoms with Gasteiger partial charge in [0, 0.05) is 6.04 Å². The summed E-state index contributed by atoms with van der Waals surface area (Å²) in [5, 5.41) is 3.08. The summed E-state index contributed by atoms with van der Waals surface area (Å²) in [6.07, 6.45) is 0.387. The van der Waals surface area contributed by atoms with Crippen LogP contribution in [0.4, 0.5) is 22.0 Å². The van der Waals surface area contributed by atoms with Gasteiger partial charge < -0.3 is 10.1 Å². The van der Waals surface area contributed by atoms with E-state index in [1.165, 1.54) is 0 Å². The van der Waals surface area contributed by atoms with Crippen LogP contribution in [0.15, 0.2) is 0 Å². The van der Waals surface area contributed by atoms with Crippen molar-refractivity contribution in [1.82, 2.24) is 5.32 Å².